The van der Waals surface area contributed by atoms with E-state index in [0.717, 1.165) is 38.7 Å². The van der Waals surface area contributed by atoms with Gasteiger partial charge in [0.1, 0.15) is 0 Å². The Bertz CT molecular complexity index is 958. The fourth-order valence-electron chi connectivity index (χ4n) is 2.82. The van der Waals surface area contributed by atoms with Crippen LogP contribution in [-0.4, -0.2) is 36.3 Å². The highest BCUT2D eigenvalue weighted by molar-refractivity contribution is 9.10. The standard InChI is InChI=1S/C21H20BrClN2O/c1-25(2)12-11-20(26)21-17-9-6-15(22)13-19(17)24-18(21)10-5-14-3-7-16(23)8-4-14/h3-10,13,24H,11-12H2,1-2H3/b10-5+. The second-order valence-corrected chi connectivity index (χ2v) is 7.82. The Balaban J connectivity index is 2.01. The zero-order valence-electron chi connectivity index (χ0n) is 14.7. The van der Waals surface area contributed by atoms with E-state index in [1.807, 2.05) is 73.6 Å². The van der Waals surface area contributed by atoms with Gasteiger partial charge in [-0.15, -0.1) is 0 Å². The number of Topliss-reactive ketones (excluding diaryl/α,β-unsaturated/α-hetero) is 1. The molecular weight excluding hydrogens is 412 g/mol. The number of ketones is 1. The molecular formula is C21H20BrClN2O. The number of benzene rings is 2. The molecule has 3 aromatic rings. The molecule has 0 spiro atoms. The van der Waals surface area contributed by atoms with Gasteiger partial charge in [-0.05, 0) is 50.0 Å². The molecule has 26 heavy (non-hydrogen) atoms. The van der Waals surface area contributed by atoms with Gasteiger partial charge < -0.3 is 9.88 Å². The molecule has 0 saturated carbocycles. The van der Waals surface area contributed by atoms with Gasteiger partial charge in [0.2, 0.25) is 0 Å². The van der Waals surface area contributed by atoms with Crippen LogP contribution in [0.5, 0.6) is 0 Å². The maximum absolute atomic E-state index is 12.9. The van der Waals surface area contributed by atoms with Crippen LogP contribution in [0.15, 0.2) is 46.9 Å². The zero-order valence-corrected chi connectivity index (χ0v) is 17.1. The third-order valence-corrected chi connectivity index (χ3v) is 4.91. The fourth-order valence-corrected chi connectivity index (χ4v) is 3.31. The summed E-state index contributed by atoms with van der Waals surface area (Å²) in [6, 6.07) is 13.6. The average molecular weight is 432 g/mol. The number of hydrogen-bond acceptors (Lipinski definition) is 2. The Morgan fingerprint density at radius 3 is 2.58 bits per heavy atom. The monoisotopic (exact) mass is 430 g/mol. The summed E-state index contributed by atoms with van der Waals surface area (Å²) in [5, 5.41) is 1.66. The first-order chi connectivity index (χ1) is 12.4. The Labute approximate surface area is 166 Å². The Hall–Kier alpha value is -1.88. The second-order valence-electron chi connectivity index (χ2n) is 6.46. The van der Waals surface area contributed by atoms with E-state index in [1.165, 1.54) is 0 Å². The maximum Gasteiger partial charge on any atom is 0.166 e. The molecule has 0 bridgehead atoms. The molecule has 1 N–H and O–H groups in total. The molecule has 1 aromatic heterocycles. The summed E-state index contributed by atoms with van der Waals surface area (Å²) >= 11 is 9.43. The summed E-state index contributed by atoms with van der Waals surface area (Å²) in [7, 11) is 3.95. The quantitative estimate of drug-likeness (QED) is 0.494. The number of halogens is 2. The predicted molar refractivity (Wildman–Crippen MR) is 114 cm³/mol. The number of aromatic nitrogens is 1. The third-order valence-electron chi connectivity index (χ3n) is 4.17. The molecule has 0 aliphatic rings. The van der Waals surface area contributed by atoms with Crippen LogP contribution >= 0.6 is 27.5 Å². The maximum atomic E-state index is 12.9. The average Bonchev–Trinajstić information content (AvgIpc) is 2.96. The molecule has 0 amide bonds. The van der Waals surface area contributed by atoms with Gasteiger partial charge in [0, 0.05) is 33.4 Å². The number of rotatable bonds is 6. The van der Waals surface area contributed by atoms with Crippen molar-refractivity contribution < 1.29 is 4.79 Å². The number of aromatic amines is 1. The first-order valence-corrected chi connectivity index (χ1v) is 9.54. The van der Waals surface area contributed by atoms with Gasteiger partial charge in [-0.2, -0.15) is 0 Å². The first-order valence-electron chi connectivity index (χ1n) is 8.37. The van der Waals surface area contributed by atoms with Crippen LogP contribution in [0.4, 0.5) is 0 Å². The molecule has 0 fully saturated rings. The van der Waals surface area contributed by atoms with Crippen molar-refractivity contribution in [3.8, 4) is 0 Å². The molecule has 3 rings (SSSR count). The molecule has 0 aliphatic carbocycles. The topological polar surface area (TPSA) is 36.1 Å². The minimum Gasteiger partial charge on any atom is -0.354 e. The molecule has 1 heterocycles. The number of H-pyrrole nitrogens is 1. The third kappa shape index (κ3) is 4.44. The van der Waals surface area contributed by atoms with Gasteiger partial charge >= 0.3 is 0 Å². The van der Waals surface area contributed by atoms with Gasteiger partial charge in [0.25, 0.3) is 0 Å². The van der Waals surface area contributed by atoms with Crippen LogP contribution in [0.25, 0.3) is 23.1 Å². The van der Waals surface area contributed by atoms with Crippen LogP contribution in [0.1, 0.15) is 28.0 Å². The number of carbonyl (C=O) groups is 1. The number of carbonyl (C=O) groups excluding carboxylic acids is 1. The van der Waals surface area contributed by atoms with Gasteiger partial charge in [0.05, 0.1) is 11.3 Å². The molecule has 0 unspecified atom stereocenters. The van der Waals surface area contributed by atoms with Crippen molar-refractivity contribution in [3.63, 3.8) is 0 Å². The van der Waals surface area contributed by atoms with Crippen LogP contribution in [-0.2, 0) is 0 Å². The van der Waals surface area contributed by atoms with Crippen molar-refractivity contribution in [2.45, 2.75) is 6.42 Å². The van der Waals surface area contributed by atoms with E-state index < -0.39 is 0 Å². The highest BCUT2D eigenvalue weighted by atomic mass is 79.9. The molecule has 5 heteroatoms. The lowest BCUT2D eigenvalue weighted by Gasteiger charge is -2.08. The molecule has 0 aliphatic heterocycles. The SMILES string of the molecule is CN(C)CCC(=O)c1c(/C=C/c2ccc(Cl)cc2)[nH]c2cc(Br)ccc12. The Morgan fingerprint density at radius 2 is 1.88 bits per heavy atom. The summed E-state index contributed by atoms with van der Waals surface area (Å²) in [5.74, 6) is 0.142. The predicted octanol–water partition coefficient (Wildman–Crippen LogP) is 5.89. The molecule has 2 aromatic carbocycles. The van der Waals surface area contributed by atoms with Gasteiger partial charge in [0.15, 0.2) is 5.78 Å². The normalized spacial score (nSPS) is 11.7. The van der Waals surface area contributed by atoms with Crippen LogP contribution in [0, 0.1) is 0 Å². The number of nitrogens with zero attached hydrogens (tertiary/aromatic N) is 1. The molecule has 0 saturated heterocycles. The summed E-state index contributed by atoms with van der Waals surface area (Å²) in [6.45, 7) is 0.725. The van der Waals surface area contributed by atoms with E-state index in [2.05, 4.69) is 20.9 Å². The summed E-state index contributed by atoms with van der Waals surface area (Å²) in [5.41, 5.74) is 3.56. The minimum atomic E-state index is 0.142. The van der Waals surface area contributed by atoms with Gasteiger partial charge in [-0.3, -0.25) is 4.79 Å². The minimum absolute atomic E-state index is 0.142. The Morgan fingerprint density at radius 1 is 1.15 bits per heavy atom. The zero-order chi connectivity index (χ0) is 18.7. The largest absolute Gasteiger partial charge is 0.354 e. The molecule has 0 radical (unpaired) electrons. The van der Waals surface area contributed by atoms with E-state index >= 15 is 0 Å². The van der Waals surface area contributed by atoms with Crippen LogP contribution in [0.2, 0.25) is 5.02 Å². The molecule has 3 nitrogen and oxygen atoms in total. The van der Waals surface area contributed by atoms with E-state index in [1.54, 1.807) is 0 Å². The van der Waals surface area contributed by atoms with Gasteiger partial charge in [-0.1, -0.05) is 51.8 Å². The fraction of sp³-hybridized carbons (Fsp3) is 0.190. The highest BCUT2D eigenvalue weighted by Crippen LogP contribution is 2.28. The van der Waals surface area contributed by atoms with Crippen LogP contribution in [0.3, 0.4) is 0 Å². The second kappa shape index (κ2) is 8.21. The van der Waals surface area contributed by atoms with Crippen molar-refractivity contribution in [3.05, 3.63) is 68.8 Å². The highest BCUT2D eigenvalue weighted by Gasteiger charge is 2.17. The first kappa shape index (κ1) is 18.9. The van der Waals surface area contributed by atoms with Crippen molar-refractivity contribution in [1.82, 2.24) is 9.88 Å². The van der Waals surface area contributed by atoms with Crippen molar-refractivity contribution in [1.29, 1.82) is 0 Å². The van der Waals surface area contributed by atoms with E-state index in [0.29, 0.717) is 11.4 Å². The van der Waals surface area contributed by atoms with E-state index in [9.17, 15) is 4.79 Å². The van der Waals surface area contributed by atoms with E-state index in [-0.39, 0.29) is 5.78 Å². The summed E-state index contributed by atoms with van der Waals surface area (Å²) in [4.78, 5) is 18.3. The van der Waals surface area contributed by atoms with Crippen molar-refractivity contribution in [2.75, 3.05) is 20.6 Å². The number of nitrogens with one attached hydrogen (secondary N) is 1. The number of hydrogen-bond donors (Lipinski definition) is 1. The molecule has 134 valence electrons. The Kier molecular flexibility index (Phi) is 5.97. The van der Waals surface area contributed by atoms with E-state index in [4.69, 9.17) is 11.6 Å². The number of fused-ring (bicyclic) bond motifs is 1. The van der Waals surface area contributed by atoms with Gasteiger partial charge in [-0.25, -0.2) is 0 Å². The lowest BCUT2D eigenvalue weighted by atomic mass is 10.0. The summed E-state index contributed by atoms with van der Waals surface area (Å²) in [6.07, 6.45) is 4.43. The smallest absolute Gasteiger partial charge is 0.166 e. The summed E-state index contributed by atoms with van der Waals surface area (Å²) < 4.78 is 0.978. The molecule has 0 atom stereocenters. The lowest BCUT2D eigenvalue weighted by Crippen LogP contribution is -2.17. The van der Waals surface area contributed by atoms with Crippen LogP contribution < -0.4 is 0 Å². The van der Waals surface area contributed by atoms with Crippen molar-refractivity contribution in [2.24, 2.45) is 0 Å². The van der Waals surface area contributed by atoms with Crippen molar-refractivity contribution >= 4 is 56.4 Å². The lowest BCUT2D eigenvalue weighted by molar-refractivity contribution is 0.0974.